The van der Waals surface area contributed by atoms with Crippen LogP contribution in [0.15, 0.2) is 34.1 Å². The summed E-state index contributed by atoms with van der Waals surface area (Å²) in [7, 11) is 3.04. The number of nitrogens with one attached hydrogen (secondary N) is 1. The van der Waals surface area contributed by atoms with Gasteiger partial charge in [0.05, 0.1) is 6.33 Å². The van der Waals surface area contributed by atoms with Crippen molar-refractivity contribution in [2.45, 2.75) is 6.54 Å². The molecule has 24 heavy (non-hydrogen) atoms. The number of benzene rings is 1. The van der Waals surface area contributed by atoms with E-state index in [-0.39, 0.29) is 5.56 Å². The van der Waals surface area contributed by atoms with Crippen molar-refractivity contribution in [2.75, 3.05) is 11.9 Å². The number of anilines is 1. The van der Waals surface area contributed by atoms with Crippen molar-refractivity contribution in [1.29, 1.82) is 0 Å². The average molecular weight is 368 g/mol. The predicted octanol–water partition coefficient (Wildman–Crippen LogP) is 1.85. The maximum atomic E-state index is 12.3. The van der Waals surface area contributed by atoms with Crippen molar-refractivity contribution in [3.63, 3.8) is 0 Å². The number of aromatic nitrogens is 4. The number of hydrogen-bond donors (Lipinski definition) is 1. The summed E-state index contributed by atoms with van der Waals surface area (Å²) >= 11 is 11.9. The Hall–Kier alpha value is -2.25. The molecular weight excluding hydrogens is 353 g/mol. The third-order valence-corrected chi connectivity index (χ3v) is 4.20. The molecule has 1 N–H and O–H groups in total. The smallest absolute Gasteiger partial charge is 0.332 e. The molecule has 7 nitrogen and oxygen atoms in total. The lowest BCUT2D eigenvalue weighted by atomic mass is 10.3. The predicted molar refractivity (Wildman–Crippen MR) is 95.2 cm³/mol. The van der Waals surface area contributed by atoms with Gasteiger partial charge in [0, 0.05) is 42.9 Å². The fourth-order valence-corrected chi connectivity index (χ4v) is 3.07. The van der Waals surface area contributed by atoms with Gasteiger partial charge in [-0.25, -0.2) is 9.78 Å². The minimum atomic E-state index is -0.399. The molecular formula is C15H15Cl2N5O2. The molecule has 2 aromatic heterocycles. The molecule has 0 aliphatic heterocycles. The first-order valence-corrected chi connectivity index (χ1v) is 7.95. The Labute approximate surface area is 147 Å². The molecule has 0 bridgehead atoms. The van der Waals surface area contributed by atoms with E-state index < -0.39 is 5.69 Å². The Morgan fingerprint density at radius 1 is 1.08 bits per heavy atom. The Kier molecular flexibility index (Phi) is 4.38. The van der Waals surface area contributed by atoms with Crippen LogP contribution >= 0.6 is 23.2 Å². The summed E-state index contributed by atoms with van der Waals surface area (Å²) in [5, 5.41) is 4.28. The second kappa shape index (κ2) is 6.33. The quantitative estimate of drug-likeness (QED) is 0.763. The fourth-order valence-electron chi connectivity index (χ4n) is 2.54. The van der Waals surface area contributed by atoms with E-state index in [0.717, 1.165) is 10.3 Å². The van der Waals surface area contributed by atoms with Crippen LogP contribution in [0, 0.1) is 0 Å². The van der Waals surface area contributed by atoms with E-state index in [2.05, 4.69) is 10.3 Å². The molecule has 0 unspecified atom stereocenters. The zero-order chi connectivity index (χ0) is 17.4. The van der Waals surface area contributed by atoms with E-state index in [4.69, 9.17) is 23.2 Å². The fraction of sp³-hybridized carbons (Fsp3) is 0.267. The third-order valence-electron chi connectivity index (χ3n) is 3.76. The number of aryl methyl sites for hydroxylation is 1. The molecule has 0 fully saturated rings. The van der Waals surface area contributed by atoms with Gasteiger partial charge in [-0.2, -0.15) is 0 Å². The highest BCUT2D eigenvalue weighted by molar-refractivity contribution is 6.35. The molecule has 126 valence electrons. The Morgan fingerprint density at radius 3 is 2.42 bits per heavy atom. The molecule has 3 rings (SSSR count). The molecule has 0 radical (unpaired) electrons. The summed E-state index contributed by atoms with van der Waals surface area (Å²) in [5.74, 6) is 0. The van der Waals surface area contributed by atoms with E-state index in [1.807, 2.05) is 0 Å². The summed E-state index contributed by atoms with van der Waals surface area (Å²) in [6.07, 6.45) is 1.55. The molecule has 0 atom stereocenters. The van der Waals surface area contributed by atoms with Crippen LogP contribution in [0.2, 0.25) is 10.0 Å². The Balaban J connectivity index is 1.86. The first-order valence-electron chi connectivity index (χ1n) is 7.19. The number of imidazole rings is 1. The van der Waals surface area contributed by atoms with Gasteiger partial charge in [0.2, 0.25) is 0 Å². The number of fused-ring (bicyclic) bond motifs is 1. The summed E-state index contributed by atoms with van der Waals surface area (Å²) in [6, 6.07) is 5.19. The van der Waals surface area contributed by atoms with Gasteiger partial charge < -0.3 is 9.88 Å². The topological polar surface area (TPSA) is 73.8 Å². The zero-order valence-corrected chi connectivity index (χ0v) is 14.6. The van der Waals surface area contributed by atoms with Crippen LogP contribution in [-0.4, -0.2) is 25.2 Å². The van der Waals surface area contributed by atoms with Crippen molar-refractivity contribution in [3.8, 4) is 0 Å². The monoisotopic (exact) mass is 367 g/mol. The first-order chi connectivity index (χ1) is 11.4. The van der Waals surface area contributed by atoms with Crippen molar-refractivity contribution < 1.29 is 0 Å². The number of rotatable bonds is 4. The molecule has 9 heteroatoms. The van der Waals surface area contributed by atoms with Crippen LogP contribution in [0.1, 0.15) is 0 Å². The first kappa shape index (κ1) is 16.6. The zero-order valence-electron chi connectivity index (χ0n) is 13.1. The van der Waals surface area contributed by atoms with Crippen molar-refractivity contribution >= 4 is 40.1 Å². The lowest BCUT2D eigenvalue weighted by Crippen LogP contribution is -2.37. The molecule has 3 aromatic rings. The van der Waals surface area contributed by atoms with Gasteiger partial charge in [-0.15, -0.1) is 0 Å². The molecule has 0 amide bonds. The minimum absolute atomic E-state index is 0.364. The third kappa shape index (κ3) is 2.92. The molecule has 0 saturated heterocycles. The summed E-state index contributed by atoms with van der Waals surface area (Å²) in [6.45, 7) is 1.03. The number of hydrogen-bond acceptors (Lipinski definition) is 4. The second-order valence-corrected chi connectivity index (χ2v) is 6.27. The number of halogens is 2. The minimum Gasteiger partial charge on any atom is -0.383 e. The van der Waals surface area contributed by atoms with Gasteiger partial charge in [-0.05, 0) is 18.2 Å². The average Bonchev–Trinajstić information content (AvgIpc) is 2.94. The maximum absolute atomic E-state index is 12.3. The highest BCUT2D eigenvalue weighted by atomic mass is 35.5. The van der Waals surface area contributed by atoms with E-state index >= 15 is 0 Å². The van der Waals surface area contributed by atoms with Gasteiger partial charge in [0.25, 0.3) is 5.56 Å². The lowest BCUT2D eigenvalue weighted by molar-refractivity contribution is 0.695. The normalized spacial score (nSPS) is 11.2. The van der Waals surface area contributed by atoms with Gasteiger partial charge in [0.15, 0.2) is 11.2 Å². The van der Waals surface area contributed by atoms with Gasteiger partial charge in [-0.3, -0.25) is 13.9 Å². The molecule has 0 aliphatic rings. The molecule has 0 saturated carbocycles. The van der Waals surface area contributed by atoms with Crippen molar-refractivity contribution in [1.82, 2.24) is 18.7 Å². The van der Waals surface area contributed by atoms with E-state index in [1.54, 1.807) is 36.1 Å². The van der Waals surface area contributed by atoms with E-state index in [0.29, 0.717) is 34.3 Å². The number of nitrogens with zero attached hydrogens (tertiary/aromatic N) is 4. The van der Waals surface area contributed by atoms with Crippen molar-refractivity contribution in [2.24, 2.45) is 14.1 Å². The van der Waals surface area contributed by atoms with Gasteiger partial charge in [0.1, 0.15) is 0 Å². The molecule has 0 spiro atoms. The summed E-state index contributed by atoms with van der Waals surface area (Å²) < 4.78 is 4.15. The maximum Gasteiger partial charge on any atom is 0.332 e. The summed E-state index contributed by atoms with van der Waals surface area (Å²) in [5.41, 5.74) is 0.789. The second-order valence-electron chi connectivity index (χ2n) is 5.40. The summed E-state index contributed by atoms with van der Waals surface area (Å²) in [4.78, 5) is 28.4. The van der Waals surface area contributed by atoms with Crippen LogP contribution in [0.5, 0.6) is 0 Å². The Bertz CT molecular complexity index is 1010. The SMILES string of the molecule is Cn1c(=O)c2c(ncn2CCNc2cc(Cl)cc(Cl)c2)n(C)c1=O. The Morgan fingerprint density at radius 2 is 1.75 bits per heavy atom. The van der Waals surface area contributed by atoms with Crippen LogP contribution in [0.3, 0.4) is 0 Å². The van der Waals surface area contributed by atoms with Gasteiger partial charge >= 0.3 is 5.69 Å². The molecule has 2 heterocycles. The van der Waals surface area contributed by atoms with Crippen LogP contribution < -0.4 is 16.6 Å². The van der Waals surface area contributed by atoms with E-state index in [9.17, 15) is 9.59 Å². The lowest BCUT2D eigenvalue weighted by Gasteiger charge is -2.09. The van der Waals surface area contributed by atoms with Crippen LogP contribution in [0.4, 0.5) is 5.69 Å². The standard InChI is InChI=1S/C15H15Cl2N5O2/c1-20-13-12(14(23)21(2)15(20)24)22(8-19-13)4-3-18-11-6-9(16)5-10(17)7-11/h5-8,18H,3-4H2,1-2H3. The largest absolute Gasteiger partial charge is 0.383 e. The van der Waals surface area contributed by atoms with Gasteiger partial charge in [-0.1, -0.05) is 23.2 Å². The van der Waals surface area contributed by atoms with Crippen LogP contribution in [-0.2, 0) is 20.6 Å². The highest BCUT2D eigenvalue weighted by Gasteiger charge is 2.13. The highest BCUT2D eigenvalue weighted by Crippen LogP contribution is 2.22. The molecule has 0 aliphatic carbocycles. The van der Waals surface area contributed by atoms with E-state index in [1.165, 1.54) is 11.6 Å². The molecule has 1 aromatic carbocycles. The van der Waals surface area contributed by atoms with Crippen LogP contribution in [0.25, 0.3) is 11.2 Å². The van der Waals surface area contributed by atoms with Crippen molar-refractivity contribution in [3.05, 3.63) is 55.4 Å².